The number of aromatic nitrogens is 3. The van der Waals surface area contributed by atoms with E-state index in [9.17, 15) is 0 Å². The number of fused-ring (bicyclic) bond motifs is 12. The summed E-state index contributed by atoms with van der Waals surface area (Å²) in [5, 5.41) is 12.0. The highest BCUT2D eigenvalue weighted by Gasteiger charge is 2.19. The molecular weight excluding hydrogens is 703 g/mol. The first-order valence-electron chi connectivity index (χ1n) is 18.8. The molecule has 5 heteroatoms. The zero-order valence-corrected chi connectivity index (χ0v) is 30.7. The molecule has 0 saturated heterocycles. The molecule has 0 amide bonds. The van der Waals surface area contributed by atoms with Gasteiger partial charge in [0.05, 0.1) is 0 Å². The van der Waals surface area contributed by atoms with Crippen LogP contribution in [0.3, 0.4) is 0 Å². The number of nitrogens with zero attached hydrogens (tertiary/aromatic N) is 3. The van der Waals surface area contributed by atoms with Gasteiger partial charge in [0.2, 0.25) is 0 Å². The number of rotatable bonds is 4. The van der Waals surface area contributed by atoms with Crippen molar-refractivity contribution in [1.82, 2.24) is 15.0 Å². The van der Waals surface area contributed by atoms with Crippen molar-refractivity contribution in [2.75, 3.05) is 0 Å². The summed E-state index contributed by atoms with van der Waals surface area (Å²) in [5.74, 6) is 1.83. The second kappa shape index (κ2) is 12.2. The smallest absolute Gasteiger partial charge is 0.164 e. The molecule has 3 heterocycles. The van der Waals surface area contributed by atoms with Crippen LogP contribution in [0.5, 0.6) is 0 Å². The molecule has 4 nitrogen and oxygen atoms in total. The van der Waals surface area contributed by atoms with Crippen LogP contribution in [0.1, 0.15) is 0 Å². The Kier molecular flexibility index (Phi) is 6.76. The van der Waals surface area contributed by atoms with E-state index in [-0.39, 0.29) is 0 Å². The van der Waals surface area contributed by atoms with E-state index in [1.807, 2.05) is 47.7 Å². The molecule has 0 aliphatic heterocycles. The number of hydrogen-bond acceptors (Lipinski definition) is 5. The van der Waals surface area contributed by atoms with Crippen molar-refractivity contribution in [3.63, 3.8) is 0 Å². The first-order valence-corrected chi connectivity index (χ1v) is 19.6. The molecule has 56 heavy (non-hydrogen) atoms. The topological polar surface area (TPSA) is 51.8 Å². The van der Waals surface area contributed by atoms with Crippen LogP contribution in [0, 0.1) is 0 Å². The zero-order chi connectivity index (χ0) is 36.7. The highest BCUT2D eigenvalue weighted by atomic mass is 32.1. The molecule has 0 saturated carbocycles. The van der Waals surface area contributed by atoms with Crippen molar-refractivity contribution in [3.05, 3.63) is 176 Å². The second-order valence-electron chi connectivity index (χ2n) is 14.3. The number of benzene rings is 9. The summed E-state index contributed by atoms with van der Waals surface area (Å²) in [5.41, 5.74) is 6.63. The van der Waals surface area contributed by atoms with E-state index in [2.05, 4.69) is 140 Å². The Morgan fingerprint density at radius 2 is 0.982 bits per heavy atom. The minimum Gasteiger partial charge on any atom is -0.456 e. The van der Waals surface area contributed by atoms with Crippen LogP contribution in [0.2, 0.25) is 0 Å². The van der Waals surface area contributed by atoms with Crippen molar-refractivity contribution in [1.29, 1.82) is 0 Å². The average molecular weight is 732 g/mol. The van der Waals surface area contributed by atoms with Gasteiger partial charge in [0.25, 0.3) is 0 Å². The molecule has 12 aromatic rings. The molecule has 0 atom stereocenters. The summed E-state index contributed by atoms with van der Waals surface area (Å²) >= 11 is 1.86. The van der Waals surface area contributed by atoms with Gasteiger partial charge in [0.15, 0.2) is 17.5 Å². The minimum absolute atomic E-state index is 0.601. The summed E-state index contributed by atoms with van der Waals surface area (Å²) in [6, 6.07) is 62.1. The van der Waals surface area contributed by atoms with Gasteiger partial charge >= 0.3 is 0 Å². The molecular formula is C51H29N3OS. The van der Waals surface area contributed by atoms with E-state index in [1.54, 1.807) is 0 Å². The SMILES string of the molecule is c1ccc(-c2cccc(-c3nc(-c4ccc5c(ccc6ccc7c(ccc8sc9ccccc9c87)c65)c4)nc(-c4cccc5oc6ccccc6c45)n3)c2)cc1. The van der Waals surface area contributed by atoms with Crippen LogP contribution in [0.25, 0.3) is 120 Å². The lowest BCUT2D eigenvalue weighted by atomic mass is 9.93. The van der Waals surface area contributed by atoms with E-state index in [0.29, 0.717) is 17.5 Å². The van der Waals surface area contributed by atoms with Gasteiger partial charge in [0.1, 0.15) is 11.2 Å². The van der Waals surface area contributed by atoms with Gasteiger partial charge < -0.3 is 4.42 Å². The molecule has 3 aromatic heterocycles. The van der Waals surface area contributed by atoms with E-state index in [4.69, 9.17) is 19.4 Å². The summed E-state index contributed by atoms with van der Waals surface area (Å²) < 4.78 is 8.92. The Balaban J connectivity index is 1.08. The van der Waals surface area contributed by atoms with Gasteiger partial charge in [-0.3, -0.25) is 0 Å². The first kappa shape index (κ1) is 31.2. The van der Waals surface area contributed by atoms with Gasteiger partial charge in [-0.15, -0.1) is 11.3 Å². The molecule has 0 fully saturated rings. The fourth-order valence-corrected chi connectivity index (χ4v) is 9.64. The van der Waals surface area contributed by atoms with Crippen molar-refractivity contribution in [2.24, 2.45) is 0 Å². The predicted octanol–water partition coefficient (Wildman–Crippen LogP) is 14.3. The van der Waals surface area contributed by atoms with Crippen LogP contribution in [-0.2, 0) is 0 Å². The molecule has 12 rings (SSSR count). The van der Waals surface area contributed by atoms with Gasteiger partial charge in [-0.05, 0) is 79.8 Å². The number of hydrogen-bond donors (Lipinski definition) is 0. The molecule has 0 unspecified atom stereocenters. The third-order valence-electron chi connectivity index (χ3n) is 11.1. The van der Waals surface area contributed by atoms with Crippen LogP contribution < -0.4 is 0 Å². The van der Waals surface area contributed by atoms with Crippen LogP contribution in [0.15, 0.2) is 180 Å². The summed E-state index contributed by atoms with van der Waals surface area (Å²) in [4.78, 5) is 15.6. The standard InChI is InChI=1S/C51H29N3OS/c1-2-10-30(11-3-1)32-12-8-13-34(28-32)49-52-50(54-51(53-49)41-16-9-18-43-47(41)39-14-4-6-17-42(39)55-43)35-23-24-36-33(29-35)21-20-31-22-25-38-37(46(31)36)26-27-45-48(38)40-15-5-7-19-44(40)56-45/h1-29H. The number of furan rings is 1. The lowest BCUT2D eigenvalue weighted by Crippen LogP contribution is -2.00. The summed E-state index contributed by atoms with van der Waals surface area (Å²) in [6.07, 6.45) is 0. The number of para-hydroxylation sites is 1. The third kappa shape index (κ3) is 4.81. The highest BCUT2D eigenvalue weighted by Crippen LogP contribution is 2.43. The molecule has 0 aliphatic rings. The van der Waals surface area contributed by atoms with Gasteiger partial charge in [-0.1, -0.05) is 140 Å². The van der Waals surface area contributed by atoms with Gasteiger partial charge in [0, 0.05) is 47.6 Å². The van der Waals surface area contributed by atoms with E-state index < -0.39 is 0 Å². The maximum absolute atomic E-state index is 6.29. The Morgan fingerprint density at radius 1 is 0.339 bits per heavy atom. The highest BCUT2D eigenvalue weighted by molar-refractivity contribution is 7.26. The number of thiophene rings is 1. The lowest BCUT2D eigenvalue weighted by molar-refractivity contribution is 0.669. The van der Waals surface area contributed by atoms with E-state index >= 15 is 0 Å². The molecule has 260 valence electrons. The largest absolute Gasteiger partial charge is 0.456 e. The Hall–Kier alpha value is -7.21. The van der Waals surface area contributed by atoms with E-state index in [0.717, 1.165) is 55.1 Å². The Labute approximate surface area is 325 Å². The Morgan fingerprint density at radius 3 is 1.89 bits per heavy atom. The normalized spacial score (nSPS) is 11.9. The van der Waals surface area contributed by atoms with E-state index in [1.165, 1.54) is 47.1 Å². The molecule has 0 aliphatic carbocycles. The lowest BCUT2D eigenvalue weighted by Gasteiger charge is -2.12. The fraction of sp³-hybridized carbons (Fsp3) is 0. The zero-order valence-electron chi connectivity index (χ0n) is 29.9. The van der Waals surface area contributed by atoms with Crippen molar-refractivity contribution in [2.45, 2.75) is 0 Å². The molecule has 0 spiro atoms. The average Bonchev–Trinajstić information content (AvgIpc) is 3.85. The van der Waals surface area contributed by atoms with Crippen molar-refractivity contribution in [3.8, 4) is 45.3 Å². The summed E-state index contributed by atoms with van der Waals surface area (Å²) in [6.45, 7) is 0. The molecule has 9 aromatic carbocycles. The first-order chi connectivity index (χ1) is 27.7. The molecule has 0 N–H and O–H groups in total. The minimum atomic E-state index is 0.601. The van der Waals surface area contributed by atoms with Crippen molar-refractivity contribution >= 4 is 85.8 Å². The Bertz CT molecular complexity index is 3550. The second-order valence-corrected chi connectivity index (χ2v) is 15.4. The van der Waals surface area contributed by atoms with Crippen LogP contribution in [0.4, 0.5) is 0 Å². The third-order valence-corrected chi connectivity index (χ3v) is 12.2. The molecule has 0 radical (unpaired) electrons. The fourth-order valence-electron chi connectivity index (χ4n) is 8.52. The maximum atomic E-state index is 6.29. The van der Waals surface area contributed by atoms with Crippen molar-refractivity contribution < 1.29 is 4.42 Å². The predicted molar refractivity (Wildman–Crippen MR) is 234 cm³/mol. The monoisotopic (exact) mass is 731 g/mol. The summed E-state index contributed by atoms with van der Waals surface area (Å²) in [7, 11) is 0. The van der Waals surface area contributed by atoms with Gasteiger partial charge in [-0.25, -0.2) is 15.0 Å². The quantitative estimate of drug-likeness (QED) is 0.169. The molecule has 0 bridgehead atoms. The van der Waals surface area contributed by atoms with Crippen LogP contribution in [-0.4, -0.2) is 15.0 Å². The van der Waals surface area contributed by atoms with Crippen LogP contribution >= 0.6 is 11.3 Å². The maximum Gasteiger partial charge on any atom is 0.164 e. The van der Waals surface area contributed by atoms with Gasteiger partial charge in [-0.2, -0.15) is 0 Å².